The summed E-state index contributed by atoms with van der Waals surface area (Å²) in [5, 5.41) is 3.31. The molecule has 1 atom stereocenters. The molecule has 3 heteroatoms. The third-order valence-electron chi connectivity index (χ3n) is 3.16. The average molecular weight is 259 g/mol. The van der Waals surface area contributed by atoms with Gasteiger partial charge in [-0.15, -0.1) is 0 Å². The number of benzene rings is 2. The number of ether oxygens (including phenoxy) is 1. The van der Waals surface area contributed by atoms with E-state index in [0.29, 0.717) is 12.1 Å². The number of methoxy groups -OCH3 is 1. The van der Waals surface area contributed by atoms with Crippen LogP contribution in [0.5, 0.6) is 5.75 Å². The molecule has 1 unspecified atom stereocenters. The predicted octanol–water partition coefficient (Wildman–Crippen LogP) is 3.69. The summed E-state index contributed by atoms with van der Waals surface area (Å²) in [4.78, 5) is 0. The molecule has 2 aromatic carbocycles. The largest absolute Gasteiger partial charge is 0.494 e. The van der Waals surface area contributed by atoms with Gasteiger partial charge >= 0.3 is 0 Å². The minimum Gasteiger partial charge on any atom is -0.494 e. The molecule has 19 heavy (non-hydrogen) atoms. The fourth-order valence-corrected chi connectivity index (χ4v) is 1.97. The molecule has 0 fully saturated rings. The Bertz CT molecular complexity index is 528. The molecule has 2 aromatic rings. The second-order valence-electron chi connectivity index (χ2n) is 4.45. The molecule has 0 bridgehead atoms. The van der Waals surface area contributed by atoms with Gasteiger partial charge in [0.1, 0.15) is 0 Å². The maximum atomic E-state index is 14.0. The van der Waals surface area contributed by atoms with E-state index in [9.17, 15) is 4.39 Å². The Hall–Kier alpha value is -1.87. The summed E-state index contributed by atoms with van der Waals surface area (Å²) in [5.74, 6) is -0.00979. The lowest BCUT2D eigenvalue weighted by Crippen LogP contribution is -2.18. The second-order valence-corrected chi connectivity index (χ2v) is 4.45. The highest BCUT2D eigenvalue weighted by Gasteiger charge is 2.10. The van der Waals surface area contributed by atoms with Crippen molar-refractivity contribution in [3.8, 4) is 5.75 Å². The molecule has 100 valence electrons. The highest BCUT2D eigenvalue weighted by atomic mass is 19.1. The Labute approximate surface area is 113 Å². The van der Waals surface area contributed by atoms with Crippen LogP contribution in [-0.4, -0.2) is 7.11 Å². The quantitative estimate of drug-likeness (QED) is 0.884. The SMILES string of the molecule is COc1cccc(CNC(C)c2ccccc2)c1F. The molecule has 0 aliphatic heterocycles. The van der Waals surface area contributed by atoms with E-state index in [4.69, 9.17) is 4.74 Å². The van der Waals surface area contributed by atoms with Crippen molar-refractivity contribution in [3.63, 3.8) is 0 Å². The summed E-state index contributed by atoms with van der Waals surface area (Å²) in [6, 6.07) is 15.5. The topological polar surface area (TPSA) is 21.3 Å². The summed E-state index contributed by atoms with van der Waals surface area (Å²) < 4.78 is 18.9. The van der Waals surface area contributed by atoms with Crippen LogP contribution in [0.4, 0.5) is 4.39 Å². The van der Waals surface area contributed by atoms with Gasteiger partial charge in [0.15, 0.2) is 11.6 Å². The van der Waals surface area contributed by atoms with Gasteiger partial charge in [-0.1, -0.05) is 42.5 Å². The van der Waals surface area contributed by atoms with Crippen LogP contribution in [0.3, 0.4) is 0 Å². The molecule has 0 spiro atoms. The number of halogens is 1. The standard InChI is InChI=1S/C16H18FNO/c1-12(13-7-4-3-5-8-13)18-11-14-9-6-10-15(19-2)16(14)17/h3-10,12,18H,11H2,1-2H3. The summed E-state index contributed by atoms with van der Waals surface area (Å²) in [6.07, 6.45) is 0. The minimum absolute atomic E-state index is 0.173. The lowest BCUT2D eigenvalue weighted by Gasteiger charge is -2.15. The van der Waals surface area contributed by atoms with Crippen LogP contribution in [0, 0.1) is 5.82 Å². The Kier molecular flexibility index (Phi) is 4.53. The first-order valence-electron chi connectivity index (χ1n) is 6.32. The third kappa shape index (κ3) is 3.32. The van der Waals surface area contributed by atoms with Crippen LogP contribution >= 0.6 is 0 Å². The molecule has 2 nitrogen and oxygen atoms in total. The number of hydrogen-bond donors (Lipinski definition) is 1. The first-order valence-corrected chi connectivity index (χ1v) is 6.32. The van der Waals surface area contributed by atoms with Crippen LogP contribution in [-0.2, 0) is 6.54 Å². The van der Waals surface area contributed by atoms with Gasteiger partial charge in [-0.05, 0) is 18.6 Å². The van der Waals surface area contributed by atoms with E-state index in [1.165, 1.54) is 12.7 Å². The maximum Gasteiger partial charge on any atom is 0.169 e. The van der Waals surface area contributed by atoms with Gasteiger partial charge in [0, 0.05) is 18.2 Å². The molecule has 0 aliphatic rings. The molecular weight excluding hydrogens is 241 g/mol. The summed E-state index contributed by atoms with van der Waals surface area (Å²) in [7, 11) is 1.47. The predicted molar refractivity (Wildman–Crippen MR) is 74.6 cm³/mol. The van der Waals surface area contributed by atoms with Crippen molar-refractivity contribution in [2.24, 2.45) is 0 Å². The molecule has 1 N–H and O–H groups in total. The second kappa shape index (κ2) is 6.34. The zero-order valence-corrected chi connectivity index (χ0v) is 11.2. The van der Waals surface area contributed by atoms with Crippen molar-refractivity contribution in [1.29, 1.82) is 0 Å². The highest BCUT2D eigenvalue weighted by molar-refractivity contribution is 5.31. The van der Waals surface area contributed by atoms with Gasteiger partial charge < -0.3 is 10.1 Å². The van der Waals surface area contributed by atoms with Crippen LogP contribution in [0.25, 0.3) is 0 Å². The smallest absolute Gasteiger partial charge is 0.169 e. The van der Waals surface area contributed by atoms with Crippen molar-refractivity contribution in [2.75, 3.05) is 7.11 Å². The van der Waals surface area contributed by atoms with Gasteiger partial charge in [0.2, 0.25) is 0 Å². The van der Waals surface area contributed by atoms with E-state index in [-0.39, 0.29) is 17.6 Å². The Morgan fingerprint density at radius 2 is 1.84 bits per heavy atom. The number of rotatable bonds is 5. The van der Waals surface area contributed by atoms with E-state index < -0.39 is 0 Å². The molecule has 2 rings (SSSR count). The molecule has 0 saturated carbocycles. The fraction of sp³-hybridized carbons (Fsp3) is 0.250. The number of nitrogens with one attached hydrogen (secondary N) is 1. The van der Waals surface area contributed by atoms with Gasteiger partial charge in [-0.3, -0.25) is 0 Å². The molecule has 0 heterocycles. The Morgan fingerprint density at radius 1 is 1.11 bits per heavy atom. The van der Waals surface area contributed by atoms with Crippen molar-refractivity contribution >= 4 is 0 Å². The van der Waals surface area contributed by atoms with E-state index in [2.05, 4.69) is 24.4 Å². The van der Waals surface area contributed by atoms with Gasteiger partial charge in [0.25, 0.3) is 0 Å². The summed E-state index contributed by atoms with van der Waals surface area (Å²) in [6.45, 7) is 2.53. The molecule has 0 aliphatic carbocycles. The van der Waals surface area contributed by atoms with Gasteiger partial charge in [-0.2, -0.15) is 0 Å². The van der Waals surface area contributed by atoms with E-state index in [0.717, 1.165) is 0 Å². The molecule has 0 saturated heterocycles. The van der Waals surface area contributed by atoms with Crippen molar-refractivity contribution < 1.29 is 9.13 Å². The Balaban J connectivity index is 2.03. The lowest BCUT2D eigenvalue weighted by molar-refractivity contribution is 0.382. The van der Waals surface area contributed by atoms with E-state index >= 15 is 0 Å². The van der Waals surface area contributed by atoms with Gasteiger partial charge in [-0.25, -0.2) is 4.39 Å². The first kappa shape index (κ1) is 13.6. The monoisotopic (exact) mass is 259 g/mol. The summed E-state index contributed by atoms with van der Waals surface area (Å²) in [5.41, 5.74) is 1.80. The molecule has 0 radical (unpaired) electrons. The molecular formula is C16H18FNO. The third-order valence-corrected chi connectivity index (χ3v) is 3.16. The van der Waals surface area contributed by atoms with Crippen LogP contribution in [0.2, 0.25) is 0 Å². The highest BCUT2D eigenvalue weighted by Crippen LogP contribution is 2.20. The first-order chi connectivity index (χ1) is 9.22. The van der Waals surface area contributed by atoms with Gasteiger partial charge in [0.05, 0.1) is 7.11 Å². The fourth-order valence-electron chi connectivity index (χ4n) is 1.97. The lowest BCUT2D eigenvalue weighted by atomic mass is 10.1. The van der Waals surface area contributed by atoms with Crippen LogP contribution in [0.1, 0.15) is 24.1 Å². The van der Waals surface area contributed by atoms with Crippen LogP contribution < -0.4 is 10.1 Å². The van der Waals surface area contributed by atoms with Crippen molar-refractivity contribution in [1.82, 2.24) is 5.32 Å². The number of hydrogen-bond acceptors (Lipinski definition) is 2. The van der Waals surface area contributed by atoms with E-state index in [1.807, 2.05) is 18.2 Å². The average Bonchev–Trinajstić information content (AvgIpc) is 2.47. The van der Waals surface area contributed by atoms with Crippen LogP contribution in [0.15, 0.2) is 48.5 Å². The minimum atomic E-state index is -0.294. The van der Waals surface area contributed by atoms with Crippen molar-refractivity contribution in [2.45, 2.75) is 19.5 Å². The van der Waals surface area contributed by atoms with E-state index in [1.54, 1.807) is 18.2 Å². The Morgan fingerprint density at radius 3 is 2.53 bits per heavy atom. The normalized spacial score (nSPS) is 12.2. The maximum absolute atomic E-state index is 14.0. The zero-order chi connectivity index (χ0) is 13.7. The zero-order valence-electron chi connectivity index (χ0n) is 11.2. The summed E-state index contributed by atoms with van der Waals surface area (Å²) >= 11 is 0. The van der Waals surface area contributed by atoms with Crippen molar-refractivity contribution in [3.05, 3.63) is 65.5 Å². The molecule has 0 aromatic heterocycles. The molecule has 0 amide bonds.